The number of benzene rings is 1. The number of anilines is 1. The number of aliphatic carboxylic acids is 1. The molecule has 0 spiro atoms. The average molecular weight is 195 g/mol. The number of carboxylic acid groups (broad SMARTS) is 1. The van der Waals surface area contributed by atoms with Gasteiger partial charge in [0.15, 0.2) is 0 Å². The zero-order valence-electron chi connectivity index (χ0n) is 7.90. The van der Waals surface area contributed by atoms with Gasteiger partial charge in [0.25, 0.3) is 0 Å². The van der Waals surface area contributed by atoms with Gasteiger partial charge in [0.1, 0.15) is 6.04 Å². The summed E-state index contributed by atoms with van der Waals surface area (Å²) in [6, 6.07) is 6.39. The van der Waals surface area contributed by atoms with Crippen LogP contribution < -0.4 is 5.32 Å². The topological polar surface area (TPSA) is 69.6 Å². The Morgan fingerprint density at radius 2 is 2.29 bits per heavy atom. The van der Waals surface area contributed by atoms with Gasteiger partial charge in [0.2, 0.25) is 0 Å². The molecule has 0 aliphatic heterocycles. The number of hydrogen-bond acceptors (Lipinski definition) is 3. The standard InChI is InChI=1S/C10H13NO3/c1-7(10(13)14)11-9-4-2-3-8(5-9)6-12/h2-5,7,11-12H,6H2,1H3,(H,13,14). The molecule has 0 heterocycles. The number of hydrogen-bond donors (Lipinski definition) is 3. The van der Waals surface area contributed by atoms with Crippen LogP contribution in [0.15, 0.2) is 24.3 Å². The Bertz CT molecular complexity index is 325. The molecule has 1 atom stereocenters. The summed E-state index contributed by atoms with van der Waals surface area (Å²) in [6.45, 7) is 1.52. The molecule has 0 radical (unpaired) electrons. The molecule has 0 saturated heterocycles. The van der Waals surface area contributed by atoms with Crippen LogP contribution in [0.1, 0.15) is 12.5 Å². The van der Waals surface area contributed by atoms with Crippen molar-refractivity contribution in [3.05, 3.63) is 29.8 Å². The molecule has 14 heavy (non-hydrogen) atoms. The highest BCUT2D eigenvalue weighted by molar-refractivity contribution is 5.76. The lowest BCUT2D eigenvalue weighted by Crippen LogP contribution is -2.25. The van der Waals surface area contributed by atoms with E-state index in [-0.39, 0.29) is 6.61 Å². The third kappa shape index (κ3) is 2.74. The fourth-order valence-electron chi connectivity index (χ4n) is 1.07. The molecule has 1 unspecified atom stereocenters. The summed E-state index contributed by atoms with van der Waals surface area (Å²) in [6.07, 6.45) is 0. The van der Waals surface area contributed by atoms with Crippen LogP contribution in [0.2, 0.25) is 0 Å². The molecule has 0 bridgehead atoms. The van der Waals surface area contributed by atoms with Gasteiger partial charge in [-0.15, -0.1) is 0 Å². The van der Waals surface area contributed by atoms with Crippen LogP contribution in [0.5, 0.6) is 0 Å². The summed E-state index contributed by atoms with van der Waals surface area (Å²) in [5.41, 5.74) is 1.46. The Morgan fingerprint density at radius 3 is 2.86 bits per heavy atom. The first-order chi connectivity index (χ1) is 6.63. The second-order valence-electron chi connectivity index (χ2n) is 3.06. The fraction of sp³-hybridized carbons (Fsp3) is 0.300. The monoisotopic (exact) mass is 195 g/mol. The molecule has 0 fully saturated rings. The lowest BCUT2D eigenvalue weighted by molar-refractivity contribution is -0.137. The Hall–Kier alpha value is -1.55. The van der Waals surface area contributed by atoms with E-state index >= 15 is 0 Å². The SMILES string of the molecule is CC(Nc1cccc(CO)c1)C(=O)O. The van der Waals surface area contributed by atoms with E-state index in [0.29, 0.717) is 5.69 Å². The minimum atomic E-state index is -0.903. The highest BCUT2D eigenvalue weighted by atomic mass is 16.4. The lowest BCUT2D eigenvalue weighted by atomic mass is 10.2. The van der Waals surface area contributed by atoms with E-state index in [2.05, 4.69) is 5.32 Å². The maximum absolute atomic E-state index is 10.5. The summed E-state index contributed by atoms with van der Waals surface area (Å²) in [4.78, 5) is 10.5. The van der Waals surface area contributed by atoms with Crippen LogP contribution in [-0.4, -0.2) is 22.2 Å². The van der Waals surface area contributed by atoms with E-state index in [9.17, 15) is 4.79 Å². The summed E-state index contributed by atoms with van der Waals surface area (Å²) >= 11 is 0. The molecule has 1 aromatic carbocycles. The quantitative estimate of drug-likeness (QED) is 0.672. The molecule has 1 rings (SSSR count). The molecule has 1 aromatic rings. The molecular formula is C10H13NO3. The van der Waals surface area contributed by atoms with E-state index < -0.39 is 12.0 Å². The number of aliphatic hydroxyl groups excluding tert-OH is 1. The van der Waals surface area contributed by atoms with Crippen molar-refractivity contribution in [2.75, 3.05) is 5.32 Å². The van der Waals surface area contributed by atoms with Crippen molar-refractivity contribution in [2.24, 2.45) is 0 Å². The van der Waals surface area contributed by atoms with Crippen molar-refractivity contribution in [1.29, 1.82) is 0 Å². The van der Waals surface area contributed by atoms with Crippen molar-refractivity contribution in [3.8, 4) is 0 Å². The van der Waals surface area contributed by atoms with E-state index in [0.717, 1.165) is 5.56 Å². The van der Waals surface area contributed by atoms with Crippen LogP contribution in [0.4, 0.5) is 5.69 Å². The number of aliphatic hydroxyl groups is 1. The second kappa shape index (κ2) is 4.62. The first kappa shape index (κ1) is 10.5. The van der Waals surface area contributed by atoms with Crippen LogP contribution >= 0.6 is 0 Å². The zero-order valence-corrected chi connectivity index (χ0v) is 7.90. The predicted octanol–water partition coefficient (Wildman–Crippen LogP) is 1.06. The van der Waals surface area contributed by atoms with Crippen molar-refractivity contribution in [2.45, 2.75) is 19.6 Å². The van der Waals surface area contributed by atoms with Gasteiger partial charge in [-0.1, -0.05) is 12.1 Å². The van der Waals surface area contributed by atoms with Crippen LogP contribution in [0.25, 0.3) is 0 Å². The van der Waals surface area contributed by atoms with Crippen LogP contribution in [0, 0.1) is 0 Å². The first-order valence-electron chi connectivity index (χ1n) is 4.32. The molecule has 76 valence electrons. The molecular weight excluding hydrogens is 182 g/mol. The second-order valence-corrected chi connectivity index (χ2v) is 3.06. The van der Waals surface area contributed by atoms with Gasteiger partial charge in [0, 0.05) is 5.69 Å². The van der Waals surface area contributed by atoms with E-state index in [1.54, 1.807) is 31.2 Å². The zero-order chi connectivity index (χ0) is 10.6. The molecule has 0 saturated carbocycles. The van der Waals surface area contributed by atoms with Gasteiger partial charge >= 0.3 is 5.97 Å². The largest absolute Gasteiger partial charge is 0.480 e. The van der Waals surface area contributed by atoms with Gasteiger partial charge in [-0.05, 0) is 24.6 Å². The van der Waals surface area contributed by atoms with Crippen molar-refractivity contribution in [1.82, 2.24) is 0 Å². The van der Waals surface area contributed by atoms with Crippen LogP contribution in [-0.2, 0) is 11.4 Å². The highest BCUT2D eigenvalue weighted by Crippen LogP contribution is 2.11. The summed E-state index contributed by atoms with van der Waals surface area (Å²) in [5, 5.41) is 20.3. The molecule has 0 aliphatic rings. The number of carboxylic acids is 1. The van der Waals surface area contributed by atoms with Crippen molar-refractivity contribution >= 4 is 11.7 Å². The number of nitrogens with one attached hydrogen (secondary N) is 1. The van der Waals surface area contributed by atoms with Crippen LogP contribution in [0.3, 0.4) is 0 Å². The molecule has 3 N–H and O–H groups in total. The van der Waals surface area contributed by atoms with Crippen molar-refractivity contribution in [3.63, 3.8) is 0 Å². The average Bonchev–Trinajstić information content (AvgIpc) is 2.18. The highest BCUT2D eigenvalue weighted by Gasteiger charge is 2.09. The number of rotatable bonds is 4. The van der Waals surface area contributed by atoms with Crippen molar-refractivity contribution < 1.29 is 15.0 Å². The van der Waals surface area contributed by atoms with Gasteiger partial charge in [-0.2, -0.15) is 0 Å². The maximum Gasteiger partial charge on any atom is 0.325 e. The van der Waals surface area contributed by atoms with Gasteiger partial charge in [0.05, 0.1) is 6.61 Å². The normalized spacial score (nSPS) is 12.1. The Morgan fingerprint density at radius 1 is 1.57 bits per heavy atom. The van der Waals surface area contributed by atoms with Gasteiger partial charge < -0.3 is 15.5 Å². The third-order valence-corrected chi connectivity index (χ3v) is 1.86. The Labute approximate surface area is 82.2 Å². The lowest BCUT2D eigenvalue weighted by Gasteiger charge is -2.11. The molecule has 4 heteroatoms. The summed E-state index contributed by atoms with van der Waals surface area (Å²) < 4.78 is 0. The fourth-order valence-corrected chi connectivity index (χ4v) is 1.07. The van der Waals surface area contributed by atoms with E-state index in [1.165, 1.54) is 0 Å². The van der Waals surface area contributed by atoms with E-state index in [1.807, 2.05) is 0 Å². The third-order valence-electron chi connectivity index (χ3n) is 1.86. The minimum Gasteiger partial charge on any atom is -0.480 e. The first-order valence-corrected chi connectivity index (χ1v) is 4.32. The smallest absolute Gasteiger partial charge is 0.325 e. The minimum absolute atomic E-state index is 0.0447. The van der Waals surface area contributed by atoms with Gasteiger partial charge in [-0.25, -0.2) is 0 Å². The molecule has 0 aliphatic carbocycles. The Balaban J connectivity index is 2.71. The predicted molar refractivity (Wildman–Crippen MR) is 53.1 cm³/mol. The molecule has 4 nitrogen and oxygen atoms in total. The maximum atomic E-state index is 10.5. The van der Waals surface area contributed by atoms with Gasteiger partial charge in [-0.3, -0.25) is 4.79 Å². The molecule has 0 aromatic heterocycles. The Kier molecular flexibility index (Phi) is 3.48. The summed E-state index contributed by atoms with van der Waals surface area (Å²) in [7, 11) is 0. The summed E-state index contributed by atoms with van der Waals surface area (Å²) in [5.74, 6) is -0.903. The number of carbonyl (C=O) groups is 1. The molecule has 0 amide bonds. The van der Waals surface area contributed by atoms with E-state index in [4.69, 9.17) is 10.2 Å².